The van der Waals surface area contributed by atoms with Crippen molar-refractivity contribution in [3.05, 3.63) is 29.6 Å². The molecule has 1 N–H and O–H groups in total. The average molecular weight is 234 g/mol. The number of piperidine rings is 1. The van der Waals surface area contributed by atoms with Gasteiger partial charge in [0.1, 0.15) is 6.17 Å². The lowest BCUT2D eigenvalue weighted by atomic mass is 9.90. The van der Waals surface area contributed by atoms with E-state index in [1.165, 1.54) is 12.0 Å². The zero-order chi connectivity index (χ0) is 11.7. The van der Waals surface area contributed by atoms with Gasteiger partial charge >= 0.3 is 0 Å². The standard InChI is InChI=1S/C14H19FN2/c15-13(12-5-1-2-8-16-12)11-7-6-10-4-3-9-17-14(10)11/h3-4,9,11-13,16H,1-2,5-8H2. The Morgan fingerprint density at radius 2 is 2.29 bits per heavy atom. The van der Waals surface area contributed by atoms with Crippen LogP contribution in [0.1, 0.15) is 42.9 Å². The number of fused-ring (bicyclic) bond motifs is 1. The van der Waals surface area contributed by atoms with Crippen molar-refractivity contribution in [1.29, 1.82) is 0 Å². The number of halogens is 1. The minimum atomic E-state index is -0.772. The number of aryl methyl sites for hydroxylation is 1. The summed E-state index contributed by atoms with van der Waals surface area (Å²) in [6.45, 7) is 0.965. The van der Waals surface area contributed by atoms with E-state index in [2.05, 4.69) is 16.4 Å². The number of pyridine rings is 1. The van der Waals surface area contributed by atoms with E-state index >= 15 is 0 Å². The third-order valence-corrected chi connectivity index (χ3v) is 4.12. The monoisotopic (exact) mass is 234 g/mol. The van der Waals surface area contributed by atoms with Gasteiger partial charge in [-0.3, -0.25) is 4.98 Å². The van der Waals surface area contributed by atoms with Gasteiger partial charge in [-0.1, -0.05) is 12.5 Å². The molecule has 92 valence electrons. The van der Waals surface area contributed by atoms with E-state index < -0.39 is 6.17 Å². The molecule has 2 nitrogen and oxygen atoms in total. The van der Waals surface area contributed by atoms with E-state index in [4.69, 9.17) is 0 Å². The van der Waals surface area contributed by atoms with Crippen LogP contribution in [0.5, 0.6) is 0 Å². The summed E-state index contributed by atoms with van der Waals surface area (Å²) in [5, 5.41) is 3.32. The molecule has 3 atom stereocenters. The molecule has 1 saturated heterocycles. The normalized spacial score (nSPS) is 29.9. The van der Waals surface area contributed by atoms with Crippen LogP contribution < -0.4 is 5.32 Å². The summed E-state index contributed by atoms with van der Waals surface area (Å²) in [6, 6.07) is 4.08. The highest BCUT2D eigenvalue weighted by Gasteiger charge is 2.36. The fourth-order valence-corrected chi connectivity index (χ4v) is 3.18. The third-order valence-electron chi connectivity index (χ3n) is 4.12. The van der Waals surface area contributed by atoms with Gasteiger partial charge in [-0.25, -0.2) is 4.39 Å². The zero-order valence-corrected chi connectivity index (χ0v) is 10.0. The molecule has 0 bridgehead atoms. The molecule has 1 aliphatic carbocycles. The Morgan fingerprint density at radius 3 is 3.12 bits per heavy atom. The Balaban J connectivity index is 1.76. The summed E-state index contributed by atoms with van der Waals surface area (Å²) >= 11 is 0. The van der Waals surface area contributed by atoms with Crippen LogP contribution in [0.2, 0.25) is 0 Å². The second kappa shape index (κ2) is 4.73. The number of nitrogens with one attached hydrogen (secondary N) is 1. The van der Waals surface area contributed by atoms with Gasteiger partial charge in [-0.05, 0) is 43.9 Å². The lowest BCUT2D eigenvalue weighted by molar-refractivity contribution is 0.183. The van der Waals surface area contributed by atoms with Crippen LogP contribution >= 0.6 is 0 Å². The summed E-state index contributed by atoms with van der Waals surface area (Å²) < 4.78 is 14.6. The first-order valence-electron chi connectivity index (χ1n) is 6.67. The van der Waals surface area contributed by atoms with Gasteiger partial charge in [-0.2, -0.15) is 0 Å². The fraction of sp³-hybridized carbons (Fsp3) is 0.643. The Morgan fingerprint density at radius 1 is 1.35 bits per heavy atom. The minimum absolute atomic E-state index is 0.0156. The average Bonchev–Trinajstić information content (AvgIpc) is 2.83. The topological polar surface area (TPSA) is 24.9 Å². The van der Waals surface area contributed by atoms with E-state index in [0.717, 1.165) is 37.9 Å². The molecular formula is C14H19FN2. The van der Waals surface area contributed by atoms with Crippen LogP contribution in [-0.4, -0.2) is 23.7 Å². The van der Waals surface area contributed by atoms with Crippen molar-refractivity contribution in [2.75, 3.05) is 6.54 Å². The maximum absolute atomic E-state index is 14.6. The summed E-state index contributed by atoms with van der Waals surface area (Å²) in [6.07, 6.45) is 6.24. The smallest absolute Gasteiger partial charge is 0.124 e. The molecule has 3 heteroatoms. The van der Waals surface area contributed by atoms with Crippen molar-refractivity contribution in [2.24, 2.45) is 0 Å². The molecule has 2 aliphatic rings. The lowest BCUT2D eigenvalue weighted by Gasteiger charge is -2.29. The molecule has 0 saturated carbocycles. The quantitative estimate of drug-likeness (QED) is 0.850. The Hall–Kier alpha value is -0.960. The van der Waals surface area contributed by atoms with E-state index in [1.807, 2.05) is 6.07 Å². The number of aromatic nitrogens is 1. The fourth-order valence-electron chi connectivity index (χ4n) is 3.18. The molecule has 1 aromatic heterocycles. The van der Waals surface area contributed by atoms with Crippen LogP contribution in [0, 0.1) is 0 Å². The largest absolute Gasteiger partial charge is 0.311 e. The van der Waals surface area contributed by atoms with Crippen LogP contribution in [0.3, 0.4) is 0 Å². The Labute approximate surface area is 102 Å². The van der Waals surface area contributed by atoms with Crippen LogP contribution in [0.25, 0.3) is 0 Å². The molecule has 17 heavy (non-hydrogen) atoms. The first kappa shape index (κ1) is 11.1. The van der Waals surface area contributed by atoms with Gasteiger partial charge in [0, 0.05) is 23.9 Å². The number of nitrogens with zero attached hydrogens (tertiary/aromatic N) is 1. The second-order valence-electron chi connectivity index (χ2n) is 5.19. The summed E-state index contributed by atoms with van der Waals surface area (Å²) in [7, 11) is 0. The van der Waals surface area contributed by atoms with Crippen molar-refractivity contribution in [2.45, 2.75) is 50.2 Å². The number of alkyl halides is 1. The Bertz CT molecular complexity index is 388. The van der Waals surface area contributed by atoms with Gasteiger partial charge < -0.3 is 5.32 Å². The lowest BCUT2D eigenvalue weighted by Crippen LogP contribution is -2.43. The minimum Gasteiger partial charge on any atom is -0.311 e. The zero-order valence-electron chi connectivity index (χ0n) is 10.0. The molecule has 1 fully saturated rings. The van der Waals surface area contributed by atoms with Gasteiger partial charge in [-0.15, -0.1) is 0 Å². The maximum atomic E-state index is 14.6. The van der Waals surface area contributed by atoms with Crippen LogP contribution in [0.15, 0.2) is 18.3 Å². The molecule has 0 radical (unpaired) electrons. The number of hydrogen-bond acceptors (Lipinski definition) is 2. The van der Waals surface area contributed by atoms with Crippen molar-refractivity contribution < 1.29 is 4.39 Å². The molecule has 0 aromatic carbocycles. The van der Waals surface area contributed by atoms with Gasteiger partial charge in [0.15, 0.2) is 0 Å². The molecule has 1 aromatic rings. The maximum Gasteiger partial charge on any atom is 0.124 e. The van der Waals surface area contributed by atoms with Gasteiger partial charge in [0.2, 0.25) is 0 Å². The highest BCUT2D eigenvalue weighted by Crippen LogP contribution is 2.37. The van der Waals surface area contributed by atoms with Crippen molar-refractivity contribution in [3.63, 3.8) is 0 Å². The van der Waals surface area contributed by atoms with Crippen LogP contribution in [0.4, 0.5) is 4.39 Å². The summed E-state index contributed by atoms with van der Waals surface area (Å²) in [4.78, 5) is 4.39. The van der Waals surface area contributed by atoms with Gasteiger partial charge in [0.05, 0.1) is 0 Å². The molecule has 3 rings (SSSR count). The van der Waals surface area contributed by atoms with Crippen LogP contribution in [-0.2, 0) is 6.42 Å². The highest BCUT2D eigenvalue weighted by molar-refractivity contribution is 5.30. The van der Waals surface area contributed by atoms with E-state index in [0.29, 0.717) is 0 Å². The molecular weight excluding hydrogens is 215 g/mol. The van der Waals surface area contributed by atoms with Crippen molar-refractivity contribution in [1.82, 2.24) is 10.3 Å². The number of hydrogen-bond donors (Lipinski definition) is 1. The molecule has 2 heterocycles. The summed E-state index contributed by atoms with van der Waals surface area (Å²) in [5.41, 5.74) is 2.25. The predicted octanol–water partition coefficient (Wildman–Crippen LogP) is 2.59. The molecule has 1 aliphatic heterocycles. The SMILES string of the molecule is FC(C1CCCCN1)C1CCc2cccnc21. The van der Waals surface area contributed by atoms with Gasteiger partial charge in [0.25, 0.3) is 0 Å². The first-order valence-corrected chi connectivity index (χ1v) is 6.67. The predicted molar refractivity (Wildman–Crippen MR) is 65.8 cm³/mol. The highest BCUT2D eigenvalue weighted by atomic mass is 19.1. The second-order valence-corrected chi connectivity index (χ2v) is 5.19. The van der Waals surface area contributed by atoms with Crippen molar-refractivity contribution in [3.8, 4) is 0 Å². The summed E-state index contributed by atoms with van der Waals surface area (Å²) in [5.74, 6) is 0.0156. The third kappa shape index (κ3) is 2.08. The molecule has 3 unspecified atom stereocenters. The number of rotatable bonds is 2. The first-order chi connectivity index (χ1) is 8.36. The van der Waals surface area contributed by atoms with E-state index in [1.54, 1.807) is 6.20 Å². The Kier molecular flexibility index (Phi) is 3.10. The van der Waals surface area contributed by atoms with E-state index in [-0.39, 0.29) is 12.0 Å². The molecule has 0 amide bonds. The van der Waals surface area contributed by atoms with Crippen molar-refractivity contribution >= 4 is 0 Å². The molecule has 0 spiro atoms. The van der Waals surface area contributed by atoms with E-state index in [9.17, 15) is 4.39 Å².